The van der Waals surface area contributed by atoms with Crippen LogP contribution >= 0.6 is 0 Å². The highest BCUT2D eigenvalue weighted by molar-refractivity contribution is 7.89. The molecule has 0 heterocycles. The second-order valence-corrected chi connectivity index (χ2v) is 8.19. The van der Waals surface area contributed by atoms with Crippen LogP contribution in [0.5, 0.6) is 0 Å². The van der Waals surface area contributed by atoms with Gasteiger partial charge in [-0.3, -0.25) is 0 Å². The molecule has 0 fully saturated rings. The SMILES string of the molecule is COC(=O)C(C)(NS(=O)(=O)C(N)c1ccccc1N)c1cccc(C(F)(F)F)c1. The largest absolute Gasteiger partial charge is 0.467 e. The monoisotopic (exact) mass is 431 g/mol. The average Bonchev–Trinajstić information content (AvgIpc) is 2.66. The second-order valence-electron chi connectivity index (χ2n) is 6.39. The third-order valence-electron chi connectivity index (χ3n) is 4.34. The van der Waals surface area contributed by atoms with Crippen molar-refractivity contribution in [2.24, 2.45) is 5.73 Å². The Bertz CT molecular complexity index is 1010. The number of ether oxygens (including phenoxy) is 1. The molecule has 2 atom stereocenters. The summed E-state index contributed by atoms with van der Waals surface area (Å²) < 4.78 is 71.7. The zero-order valence-electron chi connectivity index (χ0n) is 15.5. The fraction of sp³-hybridized carbons (Fsp3) is 0.278. The zero-order valence-corrected chi connectivity index (χ0v) is 16.3. The van der Waals surface area contributed by atoms with E-state index in [2.05, 4.69) is 9.46 Å². The zero-order chi connectivity index (χ0) is 22.0. The van der Waals surface area contributed by atoms with E-state index in [1.54, 1.807) is 6.07 Å². The molecule has 2 rings (SSSR count). The van der Waals surface area contributed by atoms with Crippen molar-refractivity contribution in [2.75, 3.05) is 12.8 Å². The van der Waals surface area contributed by atoms with Crippen LogP contribution in [0.1, 0.15) is 29.0 Å². The lowest BCUT2D eigenvalue weighted by Gasteiger charge is -2.30. The summed E-state index contributed by atoms with van der Waals surface area (Å²) >= 11 is 0. The maximum absolute atomic E-state index is 13.1. The van der Waals surface area contributed by atoms with Crippen molar-refractivity contribution >= 4 is 21.7 Å². The third kappa shape index (κ3) is 4.69. The molecular formula is C18H20F3N3O4S. The number of sulfonamides is 1. The minimum Gasteiger partial charge on any atom is -0.467 e. The Morgan fingerprint density at radius 3 is 2.24 bits per heavy atom. The van der Waals surface area contributed by atoms with Crippen molar-refractivity contribution in [1.82, 2.24) is 4.72 Å². The topological polar surface area (TPSA) is 125 Å². The number of hydrogen-bond donors (Lipinski definition) is 3. The standard InChI is InChI=1S/C18H20F3N3O4S/c1-17(16(25)28-2,11-6-5-7-12(10-11)18(19,20)21)24-29(26,27)15(23)13-8-3-4-9-14(13)22/h3-10,15,24H,22-23H2,1-2H3. The number of carbonyl (C=O) groups is 1. The van der Waals surface area contributed by atoms with Gasteiger partial charge in [-0.15, -0.1) is 0 Å². The number of nitrogen functional groups attached to an aromatic ring is 1. The van der Waals surface area contributed by atoms with E-state index in [4.69, 9.17) is 11.5 Å². The summed E-state index contributed by atoms with van der Waals surface area (Å²) in [4.78, 5) is 12.4. The number of rotatable bonds is 6. The number of anilines is 1. The molecule has 0 aliphatic heterocycles. The lowest BCUT2D eigenvalue weighted by Crippen LogP contribution is -2.52. The number of methoxy groups -OCH3 is 1. The highest BCUT2D eigenvalue weighted by atomic mass is 32.2. The molecular weight excluding hydrogens is 411 g/mol. The predicted molar refractivity (Wildman–Crippen MR) is 101 cm³/mol. The second kappa shape index (κ2) is 8.01. The van der Waals surface area contributed by atoms with Gasteiger partial charge in [0.2, 0.25) is 10.0 Å². The van der Waals surface area contributed by atoms with Crippen LogP contribution < -0.4 is 16.2 Å². The van der Waals surface area contributed by atoms with Crippen molar-refractivity contribution in [3.8, 4) is 0 Å². The van der Waals surface area contributed by atoms with E-state index < -0.39 is 38.6 Å². The summed E-state index contributed by atoms with van der Waals surface area (Å²) in [6, 6.07) is 9.63. The normalized spacial score (nSPS) is 15.4. The first kappa shape index (κ1) is 22.7. The third-order valence-corrected chi connectivity index (χ3v) is 5.96. The first-order chi connectivity index (χ1) is 13.3. The number of nitrogens with two attached hydrogens (primary N) is 2. The summed E-state index contributed by atoms with van der Waals surface area (Å²) in [6.45, 7) is 1.09. The molecule has 11 heteroatoms. The Balaban J connectivity index is 2.53. The van der Waals surface area contributed by atoms with Crippen LogP contribution in [0.4, 0.5) is 18.9 Å². The summed E-state index contributed by atoms with van der Waals surface area (Å²) in [6.07, 6.45) is -4.69. The van der Waals surface area contributed by atoms with Crippen LogP contribution in [0.3, 0.4) is 0 Å². The molecule has 158 valence electrons. The van der Waals surface area contributed by atoms with Gasteiger partial charge in [-0.05, 0) is 30.7 Å². The first-order valence-corrected chi connectivity index (χ1v) is 9.76. The molecule has 7 nitrogen and oxygen atoms in total. The quantitative estimate of drug-likeness (QED) is 0.476. The molecule has 0 saturated heterocycles. The number of esters is 1. The van der Waals surface area contributed by atoms with Crippen LogP contribution in [0.2, 0.25) is 0 Å². The molecule has 2 aromatic rings. The molecule has 29 heavy (non-hydrogen) atoms. The van der Waals surface area contributed by atoms with Crippen LogP contribution in [0.15, 0.2) is 48.5 Å². The van der Waals surface area contributed by atoms with E-state index >= 15 is 0 Å². The van der Waals surface area contributed by atoms with Crippen LogP contribution in [0.25, 0.3) is 0 Å². The van der Waals surface area contributed by atoms with Crippen molar-refractivity contribution in [1.29, 1.82) is 0 Å². The van der Waals surface area contributed by atoms with E-state index in [0.717, 1.165) is 26.2 Å². The van der Waals surface area contributed by atoms with Crippen molar-refractivity contribution in [3.63, 3.8) is 0 Å². The number of hydrogen-bond acceptors (Lipinski definition) is 6. The summed E-state index contributed by atoms with van der Waals surface area (Å²) in [5.41, 5.74) is 8.27. The summed E-state index contributed by atoms with van der Waals surface area (Å²) in [5.74, 6) is -1.12. The van der Waals surface area contributed by atoms with Gasteiger partial charge in [-0.1, -0.05) is 30.3 Å². The maximum atomic E-state index is 13.1. The molecule has 0 amide bonds. The fourth-order valence-corrected chi connectivity index (χ4v) is 4.16. The van der Waals surface area contributed by atoms with E-state index in [1.807, 2.05) is 0 Å². The molecule has 0 saturated carbocycles. The van der Waals surface area contributed by atoms with Crippen LogP contribution in [-0.4, -0.2) is 21.5 Å². The Labute approximate surface area is 165 Å². The molecule has 0 aliphatic carbocycles. The molecule has 2 aromatic carbocycles. The molecule has 0 spiro atoms. The Kier molecular flexibility index (Phi) is 6.26. The Morgan fingerprint density at radius 1 is 1.10 bits per heavy atom. The molecule has 0 aromatic heterocycles. The maximum Gasteiger partial charge on any atom is 0.416 e. The Hall–Kier alpha value is -2.63. The minimum atomic E-state index is -4.69. The van der Waals surface area contributed by atoms with E-state index in [1.165, 1.54) is 24.3 Å². The van der Waals surface area contributed by atoms with Crippen LogP contribution in [-0.2, 0) is 31.3 Å². The fourth-order valence-electron chi connectivity index (χ4n) is 2.71. The smallest absolute Gasteiger partial charge is 0.416 e. The summed E-state index contributed by atoms with van der Waals surface area (Å²) in [7, 11) is -3.50. The minimum absolute atomic E-state index is 0.0660. The van der Waals surface area contributed by atoms with Gasteiger partial charge in [0.25, 0.3) is 0 Å². The number of nitrogens with one attached hydrogen (secondary N) is 1. The molecule has 0 aliphatic rings. The number of carbonyl (C=O) groups excluding carboxylic acids is 1. The van der Waals surface area contributed by atoms with Gasteiger partial charge in [-0.2, -0.15) is 17.9 Å². The molecule has 0 radical (unpaired) electrons. The first-order valence-electron chi connectivity index (χ1n) is 8.22. The predicted octanol–water partition coefficient (Wildman–Crippen LogP) is 2.25. The van der Waals surface area contributed by atoms with E-state index in [0.29, 0.717) is 6.07 Å². The van der Waals surface area contributed by atoms with E-state index in [-0.39, 0.29) is 16.8 Å². The number of para-hydroxylation sites is 1. The van der Waals surface area contributed by atoms with Crippen molar-refractivity contribution < 1.29 is 31.1 Å². The average molecular weight is 431 g/mol. The molecule has 2 unspecified atom stereocenters. The highest BCUT2D eigenvalue weighted by Crippen LogP contribution is 2.34. The van der Waals surface area contributed by atoms with Gasteiger partial charge in [0.1, 0.15) is 5.37 Å². The highest BCUT2D eigenvalue weighted by Gasteiger charge is 2.43. The molecule has 0 bridgehead atoms. The summed E-state index contributed by atoms with van der Waals surface area (Å²) in [5, 5.41) is -1.68. The molecule has 5 N–H and O–H groups in total. The lowest BCUT2D eigenvalue weighted by atomic mass is 9.92. The van der Waals surface area contributed by atoms with Crippen molar-refractivity contribution in [2.45, 2.75) is 24.0 Å². The van der Waals surface area contributed by atoms with Crippen molar-refractivity contribution in [3.05, 3.63) is 65.2 Å². The van der Waals surface area contributed by atoms with Gasteiger partial charge >= 0.3 is 12.1 Å². The van der Waals surface area contributed by atoms with Gasteiger partial charge in [0.15, 0.2) is 5.54 Å². The lowest BCUT2D eigenvalue weighted by molar-refractivity contribution is -0.147. The van der Waals surface area contributed by atoms with Crippen LogP contribution in [0, 0.1) is 0 Å². The van der Waals surface area contributed by atoms with Gasteiger partial charge in [-0.25, -0.2) is 13.2 Å². The number of benzene rings is 2. The number of alkyl halides is 3. The van der Waals surface area contributed by atoms with Gasteiger partial charge < -0.3 is 16.2 Å². The van der Waals surface area contributed by atoms with Gasteiger partial charge in [0, 0.05) is 11.3 Å². The number of halogens is 3. The Morgan fingerprint density at radius 2 is 1.69 bits per heavy atom. The van der Waals surface area contributed by atoms with Gasteiger partial charge in [0.05, 0.1) is 12.7 Å². The van der Waals surface area contributed by atoms with E-state index in [9.17, 15) is 26.4 Å².